The van der Waals surface area contributed by atoms with Gasteiger partial charge < -0.3 is 10.2 Å². The Morgan fingerprint density at radius 3 is 3.10 bits per heavy atom. The van der Waals surface area contributed by atoms with Gasteiger partial charge in [-0.1, -0.05) is 19.1 Å². The second-order valence-corrected chi connectivity index (χ2v) is 6.55. The molecule has 1 aromatic carbocycles. The van der Waals surface area contributed by atoms with Gasteiger partial charge in [0.1, 0.15) is 5.01 Å². The van der Waals surface area contributed by atoms with Crippen LogP contribution in [0.3, 0.4) is 0 Å². The second-order valence-electron chi connectivity index (χ2n) is 5.43. The summed E-state index contributed by atoms with van der Waals surface area (Å²) in [4.78, 5) is 18.8. The molecule has 1 aromatic heterocycles. The molecule has 1 aliphatic heterocycles. The van der Waals surface area contributed by atoms with Gasteiger partial charge in [-0.15, -0.1) is 11.3 Å². The van der Waals surface area contributed by atoms with Gasteiger partial charge >= 0.3 is 0 Å². The zero-order valence-corrected chi connectivity index (χ0v) is 13.2. The summed E-state index contributed by atoms with van der Waals surface area (Å²) in [5, 5.41) is 4.39. The van der Waals surface area contributed by atoms with Crippen LogP contribution in [-0.2, 0) is 11.3 Å². The van der Waals surface area contributed by atoms with E-state index in [1.165, 1.54) is 4.70 Å². The number of nitrogens with one attached hydrogen (secondary N) is 1. The third-order valence-electron chi connectivity index (χ3n) is 4.00. The van der Waals surface area contributed by atoms with E-state index >= 15 is 0 Å². The number of rotatable bonds is 6. The lowest BCUT2D eigenvalue weighted by Crippen LogP contribution is -2.34. The van der Waals surface area contributed by atoms with Gasteiger partial charge in [-0.2, -0.15) is 0 Å². The summed E-state index contributed by atoms with van der Waals surface area (Å²) in [6.45, 7) is 4.73. The van der Waals surface area contributed by atoms with Gasteiger partial charge in [0.05, 0.1) is 16.8 Å². The Morgan fingerprint density at radius 2 is 2.29 bits per heavy atom. The topological polar surface area (TPSA) is 45.2 Å². The van der Waals surface area contributed by atoms with E-state index in [1.54, 1.807) is 11.3 Å². The number of likely N-dealkylation sites (tertiary alicyclic amines) is 1. The summed E-state index contributed by atoms with van der Waals surface area (Å²) in [5.41, 5.74) is 1.04. The number of carbonyl (C=O) groups excluding carboxylic acids is 1. The lowest BCUT2D eigenvalue weighted by molar-refractivity contribution is -0.129. The van der Waals surface area contributed by atoms with Crippen molar-refractivity contribution in [3.05, 3.63) is 29.3 Å². The number of aromatic nitrogens is 1. The Bertz CT molecular complexity index is 592. The highest BCUT2D eigenvalue weighted by Gasteiger charge is 2.30. The van der Waals surface area contributed by atoms with Crippen molar-refractivity contribution in [2.45, 2.75) is 38.8 Å². The molecule has 0 bridgehead atoms. The van der Waals surface area contributed by atoms with Gasteiger partial charge in [0.2, 0.25) is 5.91 Å². The van der Waals surface area contributed by atoms with Crippen molar-refractivity contribution >= 4 is 27.5 Å². The number of benzene rings is 1. The van der Waals surface area contributed by atoms with E-state index in [1.807, 2.05) is 23.1 Å². The first-order valence-corrected chi connectivity index (χ1v) is 8.44. The van der Waals surface area contributed by atoms with Crippen molar-refractivity contribution in [1.82, 2.24) is 15.2 Å². The van der Waals surface area contributed by atoms with Gasteiger partial charge in [0.15, 0.2) is 0 Å². The fourth-order valence-electron chi connectivity index (χ4n) is 2.89. The third kappa shape index (κ3) is 3.24. The predicted molar refractivity (Wildman–Crippen MR) is 86.4 cm³/mol. The third-order valence-corrected chi connectivity index (χ3v) is 5.02. The van der Waals surface area contributed by atoms with Crippen LogP contribution in [0.4, 0.5) is 0 Å². The largest absolute Gasteiger partial charge is 0.333 e. The highest BCUT2D eigenvalue weighted by molar-refractivity contribution is 7.18. The fraction of sp³-hybridized carbons (Fsp3) is 0.500. The number of carbonyl (C=O) groups is 1. The summed E-state index contributed by atoms with van der Waals surface area (Å²) in [5.74, 6) is 0.274. The van der Waals surface area contributed by atoms with Crippen molar-refractivity contribution in [2.24, 2.45) is 0 Å². The van der Waals surface area contributed by atoms with Gasteiger partial charge in [-0.3, -0.25) is 4.79 Å². The molecule has 0 aliphatic carbocycles. The summed E-state index contributed by atoms with van der Waals surface area (Å²) in [6.07, 6.45) is 2.70. The number of amides is 1. The van der Waals surface area contributed by atoms with Crippen LogP contribution in [0.15, 0.2) is 24.3 Å². The first-order chi connectivity index (χ1) is 10.3. The van der Waals surface area contributed by atoms with E-state index < -0.39 is 0 Å². The standard InChI is InChI=1S/C16H21N3OS/c1-2-17-10-9-12-7-8-16(20)19(12)11-15-18-13-5-3-4-6-14(13)21-15/h3-6,12,17H,2,7-11H2,1H3. The van der Waals surface area contributed by atoms with Gasteiger partial charge in [-0.05, 0) is 38.1 Å². The fourth-order valence-corrected chi connectivity index (χ4v) is 3.86. The van der Waals surface area contributed by atoms with E-state index in [0.29, 0.717) is 19.0 Å². The molecule has 2 heterocycles. The molecule has 3 rings (SSSR count). The molecule has 5 heteroatoms. The molecule has 1 unspecified atom stereocenters. The van der Waals surface area contributed by atoms with Crippen LogP contribution in [0.5, 0.6) is 0 Å². The Labute approximate surface area is 129 Å². The van der Waals surface area contributed by atoms with Gasteiger partial charge in [-0.25, -0.2) is 4.98 Å². The average Bonchev–Trinajstić information content (AvgIpc) is 3.05. The van der Waals surface area contributed by atoms with Crippen molar-refractivity contribution < 1.29 is 4.79 Å². The number of hydrogen-bond donors (Lipinski definition) is 1. The Morgan fingerprint density at radius 1 is 1.43 bits per heavy atom. The monoisotopic (exact) mass is 303 g/mol. The van der Waals surface area contributed by atoms with Crippen LogP contribution in [0.2, 0.25) is 0 Å². The molecule has 1 N–H and O–H groups in total. The molecule has 2 aromatic rings. The second kappa shape index (κ2) is 6.54. The van der Waals surface area contributed by atoms with Crippen LogP contribution < -0.4 is 5.32 Å². The SMILES string of the molecule is CCNCCC1CCC(=O)N1Cc1nc2ccccc2s1. The lowest BCUT2D eigenvalue weighted by atomic mass is 10.1. The van der Waals surface area contributed by atoms with Crippen LogP contribution in [-0.4, -0.2) is 34.9 Å². The predicted octanol–water partition coefficient (Wildman–Crippen LogP) is 2.79. The van der Waals surface area contributed by atoms with E-state index in [-0.39, 0.29) is 5.91 Å². The number of para-hydroxylation sites is 1. The molecule has 21 heavy (non-hydrogen) atoms. The Hall–Kier alpha value is -1.46. The molecule has 0 radical (unpaired) electrons. The highest BCUT2D eigenvalue weighted by Crippen LogP contribution is 2.27. The maximum Gasteiger partial charge on any atom is 0.223 e. The zero-order chi connectivity index (χ0) is 14.7. The molecule has 1 fully saturated rings. The maximum absolute atomic E-state index is 12.1. The first kappa shape index (κ1) is 14.5. The highest BCUT2D eigenvalue weighted by atomic mass is 32.1. The van der Waals surface area contributed by atoms with E-state index in [4.69, 9.17) is 0 Å². The smallest absolute Gasteiger partial charge is 0.223 e. The summed E-state index contributed by atoms with van der Waals surface area (Å²) < 4.78 is 1.20. The molecule has 112 valence electrons. The van der Waals surface area contributed by atoms with E-state index in [2.05, 4.69) is 23.3 Å². The molecule has 1 amide bonds. The van der Waals surface area contributed by atoms with Crippen molar-refractivity contribution in [3.8, 4) is 0 Å². The van der Waals surface area contributed by atoms with Crippen LogP contribution in [0.25, 0.3) is 10.2 Å². The first-order valence-electron chi connectivity index (χ1n) is 7.62. The minimum atomic E-state index is 0.274. The Kier molecular flexibility index (Phi) is 4.51. The number of fused-ring (bicyclic) bond motifs is 1. The van der Waals surface area contributed by atoms with Crippen LogP contribution in [0, 0.1) is 0 Å². The maximum atomic E-state index is 12.1. The van der Waals surface area contributed by atoms with Gasteiger partial charge in [0.25, 0.3) is 0 Å². The number of thiazole rings is 1. The average molecular weight is 303 g/mol. The minimum absolute atomic E-state index is 0.274. The Balaban J connectivity index is 1.70. The number of nitrogens with zero attached hydrogens (tertiary/aromatic N) is 2. The van der Waals surface area contributed by atoms with Gasteiger partial charge in [0, 0.05) is 12.5 Å². The lowest BCUT2D eigenvalue weighted by Gasteiger charge is -2.23. The summed E-state index contributed by atoms with van der Waals surface area (Å²) in [7, 11) is 0. The normalized spacial score (nSPS) is 18.8. The molecular weight excluding hydrogens is 282 g/mol. The summed E-state index contributed by atoms with van der Waals surface area (Å²) in [6, 6.07) is 8.52. The molecular formula is C16H21N3OS. The summed E-state index contributed by atoms with van der Waals surface area (Å²) >= 11 is 1.70. The minimum Gasteiger partial charge on any atom is -0.333 e. The number of hydrogen-bond acceptors (Lipinski definition) is 4. The quantitative estimate of drug-likeness (QED) is 0.835. The molecule has 1 atom stereocenters. The van der Waals surface area contributed by atoms with Crippen molar-refractivity contribution in [3.63, 3.8) is 0 Å². The van der Waals surface area contributed by atoms with Crippen LogP contribution in [0.1, 0.15) is 31.2 Å². The molecule has 4 nitrogen and oxygen atoms in total. The van der Waals surface area contributed by atoms with Crippen molar-refractivity contribution in [1.29, 1.82) is 0 Å². The van der Waals surface area contributed by atoms with Crippen molar-refractivity contribution in [2.75, 3.05) is 13.1 Å². The molecule has 0 spiro atoms. The van der Waals surface area contributed by atoms with E-state index in [9.17, 15) is 4.79 Å². The molecule has 1 saturated heterocycles. The van der Waals surface area contributed by atoms with Crippen LogP contribution >= 0.6 is 11.3 Å². The molecule has 1 aliphatic rings. The van der Waals surface area contributed by atoms with E-state index in [0.717, 1.165) is 36.5 Å². The zero-order valence-electron chi connectivity index (χ0n) is 12.3. The molecule has 0 saturated carbocycles.